The van der Waals surface area contributed by atoms with Gasteiger partial charge in [0.1, 0.15) is 6.10 Å². The van der Waals surface area contributed by atoms with Crippen molar-refractivity contribution in [2.75, 3.05) is 0 Å². The first-order valence-electron chi connectivity index (χ1n) is 6.36. The van der Waals surface area contributed by atoms with E-state index >= 15 is 0 Å². The third-order valence-electron chi connectivity index (χ3n) is 3.14. The van der Waals surface area contributed by atoms with Crippen molar-refractivity contribution in [2.45, 2.75) is 31.8 Å². The predicted octanol–water partition coefficient (Wildman–Crippen LogP) is 4.38. The van der Waals surface area contributed by atoms with Crippen molar-refractivity contribution in [3.8, 4) is 0 Å². The van der Waals surface area contributed by atoms with Gasteiger partial charge in [-0.1, -0.05) is 30.9 Å². The van der Waals surface area contributed by atoms with Crippen LogP contribution in [0, 0.1) is 5.41 Å². The molecule has 0 aromatic heterocycles. The smallest absolute Gasteiger partial charge is 0.330 e. The van der Waals surface area contributed by atoms with E-state index in [4.69, 9.17) is 4.74 Å². The molecule has 104 valence electrons. The Balaban J connectivity index is 5.38. The Hall–Kier alpha value is -1.83. The van der Waals surface area contributed by atoms with Gasteiger partial charge in [-0.3, -0.25) is 0 Å². The van der Waals surface area contributed by atoms with Gasteiger partial charge in [-0.25, -0.2) is 4.79 Å². The monoisotopic (exact) mass is 260 g/mol. The maximum atomic E-state index is 11.5. The van der Waals surface area contributed by atoms with E-state index in [1.165, 1.54) is 6.08 Å². The molecule has 0 heterocycles. The summed E-state index contributed by atoms with van der Waals surface area (Å²) in [7, 11) is 0. The molecule has 0 aromatic carbocycles. The van der Waals surface area contributed by atoms with Crippen molar-refractivity contribution >= 4 is 5.97 Å². The summed E-state index contributed by atoms with van der Waals surface area (Å²) in [5.41, 5.74) is -0.266. The Kier molecular flexibility index (Phi) is 8.27. The van der Waals surface area contributed by atoms with Gasteiger partial charge in [-0.2, -0.15) is 0 Å². The number of hydrogen-bond acceptors (Lipinski definition) is 2. The fourth-order valence-electron chi connectivity index (χ4n) is 2.27. The molecule has 0 aromatic rings. The summed E-state index contributed by atoms with van der Waals surface area (Å²) < 4.78 is 5.49. The summed E-state index contributed by atoms with van der Waals surface area (Å²) in [5, 5.41) is 0. The van der Waals surface area contributed by atoms with E-state index in [1.54, 1.807) is 6.08 Å². The van der Waals surface area contributed by atoms with Gasteiger partial charge in [-0.05, 0) is 19.3 Å². The molecule has 19 heavy (non-hydrogen) atoms. The summed E-state index contributed by atoms with van der Waals surface area (Å²) >= 11 is 0. The summed E-state index contributed by atoms with van der Waals surface area (Å²) in [6.07, 6.45) is 10.9. The van der Waals surface area contributed by atoms with Crippen molar-refractivity contribution in [1.29, 1.82) is 0 Å². The molecule has 2 heteroatoms. The van der Waals surface area contributed by atoms with E-state index in [1.807, 2.05) is 18.2 Å². The molecule has 0 radical (unpaired) electrons. The average molecular weight is 260 g/mol. The lowest BCUT2D eigenvalue weighted by Crippen LogP contribution is -2.37. The lowest BCUT2D eigenvalue weighted by atomic mass is 9.72. The topological polar surface area (TPSA) is 26.3 Å². The zero-order valence-electron chi connectivity index (χ0n) is 11.6. The number of ether oxygens (including phenoxy) is 1. The van der Waals surface area contributed by atoms with Gasteiger partial charge in [-0.15, -0.1) is 26.3 Å². The molecule has 0 rings (SSSR count). The fourth-order valence-corrected chi connectivity index (χ4v) is 2.27. The van der Waals surface area contributed by atoms with Gasteiger partial charge in [0.2, 0.25) is 0 Å². The van der Waals surface area contributed by atoms with Crippen LogP contribution in [0.2, 0.25) is 0 Å². The molecule has 0 N–H and O–H groups in total. The van der Waals surface area contributed by atoms with E-state index in [2.05, 4.69) is 32.9 Å². The van der Waals surface area contributed by atoms with E-state index in [9.17, 15) is 4.79 Å². The van der Waals surface area contributed by atoms with Crippen LogP contribution in [0.3, 0.4) is 0 Å². The van der Waals surface area contributed by atoms with Crippen LogP contribution in [0.25, 0.3) is 0 Å². The van der Waals surface area contributed by atoms with Crippen LogP contribution in [0.1, 0.15) is 25.7 Å². The number of esters is 1. The third kappa shape index (κ3) is 5.12. The molecule has 0 fully saturated rings. The van der Waals surface area contributed by atoms with Crippen molar-refractivity contribution < 1.29 is 9.53 Å². The highest BCUT2D eigenvalue weighted by Gasteiger charge is 2.37. The van der Waals surface area contributed by atoms with Crippen LogP contribution in [-0.4, -0.2) is 12.1 Å². The molecule has 2 nitrogen and oxygen atoms in total. The molecule has 1 atom stereocenters. The highest BCUT2D eigenvalue weighted by atomic mass is 16.5. The predicted molar refractivity (Wildman–Crippen MR) is 81.8 cm³/mol. The van der Waals surface area contributed by atoms with Crippen molar-refractivity contribution in [2.24, 2.45) is 5.41 Å². The Morgan fingerprint density at radius 1 is 0.947 bits per heavy atom. The zero-order valence-corrected chi connectivity index (χ0v) is 11.6. The molecular weight excluding hydrogens is 236 g/mol. The SMILES string of the molecule is C=CCC(OC(=O)C=C)C(CC=C)(CC=C)CC=C. The molecule has 0 aliphatic carbocycles. The Morgan fingerprint density at radius 3 is 1.74 bits per heavy atom. The minimum absolute atomic E-state index is 0.266. The number of hydrogen-bond donors (Lipinski definition) is 0. The van der Waals surface area contributed by atoms with Gasteiger partial charge >= 0.3 is 5.97 Å². The number of rotatable bonds is 11. The standard InChI is InChI=1S/C17H24O2/c1-6-11-15(19-16(18)10-5)17(12-7-2,13-8-3)14-9-4/h6-10,15H,1-5,11-14H2. The second-order valence-corrected chi connectivity index (χ2v) is 4.49. The van der Waals surface area contributed by atoms with Crippen molar-refractivity contribution in [1.82, 2.24) is 0 Å². The van der Waals surface area contributed by atoms with E-state index < -0.39 is 5.97 Å². The summed E-state index contributed by atoms with van der Waals surface area (Å²) in [6.45, 7) is 18.6. The van der Waals surface area contributed by atoms with Crippen LogP contribution in [0.4, 0.5) is 0 Å². The highest BCUT2D eigenvalue weighted by molar-refractivity contribution is 5.81. The highest BCUT2D eigenvalue weighted by Crippen LogP contribution is 2.39. The van der Waals surface area contributed by atoms with Crippen LogP contribution < -0.4 is 0 Å². The van der Waals surface area contributed by atoms with Crippen molar-refractivity contribution in [3.63, 3.8) is 0 Å². The van der Waals surface area contributed by atoms with E-state index in [-0.39, 0.29) is 11.5 Å². The van der Waals surface area contributed by atoms with Gasteiger partial charge in [0.05, 0.1) is 0 Å². The van der Waals surface area contributed by atoms with Crippen LogP contribution in [-0.2, 0) is 9.53 Å². The van der Waals surface area contributed by atoms with Crippen molar-refractivity contribution in [3.05, 3.63) is 63.3 Å². The van der Waals surface area contributed by atoms with Gasteiger partial charge in [0.25, 0.3) is 0 Å². The molecule has 0 spiro atoms. The molecule has 0 amide bonds. The largest absolute Gasteiger partial charge is 0.458 e. The van der Waals surface area contributed by atoms with Gasteiger partial charge in [0, 0.05) is 17.9 Å². The molecular formula is C17H24O2. The molecule has 0 saturated carbocycles. The zero-order chi connectivity index (χ0) is 14.7. The van der Waals surface area contributed by atoms with Gasteiger partial charge < -0.3 is 4.74 Å². The average Bonchev–Trinajstić information content (AvgIpc) is 2.38. The lowest BCUT2D eigenvalue weighted by molar-refractivity contribution is -0.150. The first-order valence-corrected chi connectivity index (χ1v) is 6.36. The lowest BCUT2D eigenvalue weighted by Gasteiger charge is -2.38. The molecule has 0 bridgehead atoms. The summed E-state index contributed by atoms with van der Waals surface area (Å²) in [5.74, 6) is -0.423. The minimum atomic E-state index is -0.423. The summed E-state index contributed by atoms with van der Waals surface area (Å²) in [6, 6.07) is 0. The molecule has 0 aliphatic rings. The number of carbonyl (C=O) groups is 1. The summed E-state index contributed by atoms with van der Waals surface area (Å²) in [4.78, 5) is 11.5. The van der Waals surface area contributed by atoms with Crippen LogP contribution in [0.15, 0.2) is 63.3 Å². The number of allylic oxidation sites excluding steroid dienone is 3. The van der Waals surface area contributed by atoms with Gasteiger partial charge in [0.15, 0.2) is 0 Å². The second-order valence-electron chi connectivity index (χ2n) is 4.49. The number of carbonyl (C=O) groups excluding carboxylic acids is 1. The Labute approximate surface area is 116 Å². The van der Waals surface area contributed by atoms with E-state index in [0.717, 1.165) is 0 Å². The fraction of sp³-hybridized carbons (Fsp3) is 0.353. The van der Waals surface area contributed by atoms with Crippen LogP contribution in [0.5, 0.6) is 0 Å². The first kappa shape index (κ1) is 17.2. The molecule has 0 saturated heterocycles. The molecule has 0 aliphatic heterocycles. The van der Waals surface area contributed by atoms with E-state index in [0.29, 0.717) is 25.7 Å². The third-order valence-corrected chi connectivity index (χ3v) is 3.14. The second kappa shape index (κ2) is 9.15. The maximum Gasteiger partial charge on any atom is 0.330 e. The maximum absolute atomic E-state index is 11.5. The Bertz CT molecular complexity index is 326. The molecule has 1 unspecified atom stereocenters. The Morgan fingerprint density at radius 2 is 1.42 bits per heavy atom. The first-order chi connectivity index (χ1) is 9.10. The minimum Gasteiger partial charge on any atom is -0.458 e. The van der Waals surface area contributed by atoms with Crippen LogP contribution >= 0.6 is 0 Å². The normalized spacial score (nSPS) is 12.0. The quantitative estimate of drug-likeness (QED) is 0.313.